The predicted octanol–water partition coefficient (Wildman–Crippen LogP) is 3.83. The number of hydrogen-bond acceptors (Lipinski definition) is 5. The number of carbonyl (C=O) groups is 1. The zero-order valence-electron chi connectivity index (χ0n) is 14.7. The number of nitrogens with one attached hydrogen (secondary N) is 1. The molecule has 2 heterocycles. The fraction of sp³-hybridized carbons (Fsp3) is 0.0952. The molecule has 2 aromatic carbocycles. The standard InChI is InChI=1S/C21H17N3O3/c1-26-17-5-2-4-16(12-17)20(25)23-13-14-7-9-15(10-8-14)21-24-19-18(27-21)6-3-11-22-19/h2-12H,13H2,1H3,(H,23,25). The fourth-order valence-electron chi connectivity index (χ4n) is 2.71. The van der Waals surface area contributed by atoms with Gasteiger partial charge >= 0.3 is 0 Å². The van der Waals surface area contributed by atoms with E-state index in [-0.39, 0.29) is 5.91 Å². The summed E-state index contributed by atoms with van der Waals surface area (Å²) in [4.78, 5) is 20.8. The number of aromatic nitrogens is 2. The maximum absolute atomic E-state index is 12.3. The molecule has 1 amide bonds. The highest BCUT2D eigenvalue weighted by Crippen LogP contribution is 2.23. The van der Waals surface area contributed by atoms with Gasteiger partial charge in [0.15, 0.2) is 11.2 Å². The number of amides is 1. The molecule has 0 saturated carbocycles. The highest BCUT2D eigenvalue weighted by Gasteiger charge is 2.09. The third-order valence-corrected chi connectivity index (χ3v) is 4.15. The molecule has 0 unspecified atom stereocenters. The van der Waals surface area contributed by atoms with Gasteiger partial charge in [0.1, 0.15) is 5.75 Å². The van der Waals surface area contributed by atoms with E-state index in [2.05, 4.69) is 15.3 Å². The lowest BCUT2D eigenvalue weighted by atomic mass is 10.1. The Kier molecular flexibility index (Phi) is 4.53. The molecule has 27 heavy (non-hydrogen) atoms. The number of rotatable bonds is 5. The van der Waals surface area contributed by atoms with Gasteiger partial charge in [-0.3, -0.25) is 4.79 Å². The molecular formula is C21H17N3O3. The second kappa shape index (κ2) is 7.29. The number of ether oxygens (including phenoxy) is 1. The van der Waals surface area contributed by atoms with E-state index in [0.29, 0.717) is 35.0 Å². The minimum atomic E-state index is -0.150. The molecule has 0 bridgehead atoms. The monoisotopic (exact) mass is 359 g/mol. The number of hydrogen-bond donors (Lipinski definition) is 1. The highest BCUT2D eigenvalue weighted by atomic mass is 16.5. The van der Waals surface area contributed by atoms with Crippen molar-refractivity contribution in [3.63, 3.8) is 0 Å². The summed E-state index contributed by atoms with van der Waals surface area (Å²) in [5.74, 6) is 1.03. The molecular weight excluding hydrogens is 342 g/mol. The largest absolute Gasteiger partial charge is 0.497 e. The van der Waals surface area contributed by atoms with Gasteiger partial charge in [-0.15, -0.1) is 0 Å². The Labute approximate surface area is 155 Å². The maximum Gasteiger partial charge on any atom is 0.251 e. The number of oxazole rings is 1. The molecule has 0 saturated heterocycles. The van der Waals surface area contributed by atoms with Gasteiger partial charge in [-0.05, 0) is 48.0 Å². The molecule has 0 aliphatic rings. The van der Waals surface area contributed by atoms with E-state index in [4.69, 9.17) is 9.15 Å². The molecule has 2 aromatic heterocycles. The van der Waals surface area contributed by atoms with Crippen LogP contribution in [0.4, 0.5) is 0 Å². The van der Waals surface area contributed by atoms with Crippen LogP contribution in [0.25, 0.3) is 22.7 Å². The summed E-state index contributed by atoms with van der Waals surface area (Å²) >= 11 is 0. The van der Waals surface area contributed by atoms with Gasteiger partial charge in [0.25, 0.3) is 5.91 Å². The first-order chi connectivity index (χ1) is 13.2. The van der Waals surface area contributed by atoms with E-state index in [0.717, 1.165) is 11.1 Å². The normalized spacial score (nSPS) is 10.7. The zero-order valence-corrected chi connectivity index (χ0v) is 14.7. The molecule has 0 spiro atoms. The third-order valence-electron chi connectivity index (χ3n) is 4.15. The first kappa shape index (κ1) is 16.8. The zero-order chi connectivity index (χ0) is 18.6. The fourth-order valence-corrected chi connectivity index (χ4v) is 2.71. The molecule has 4 rings (SSSR count). The highest BCUT2D eigenvalue weighted by molar-refractivity contribution is 5.94. The Bertz CT molecular complexity index is 1050. The Morgan fingerprint density at radius 2 is 1.96 bits per heavy atom. The average Bonchev–Trinajstić information content (AvgIpc) is 3.16. The van der Waals surface area contributed by atoms with Crippen LogP contribution < -0.4 is 10.1 Å². The molecule has 0 radical (unpaired) electrons. The summed E-state index contributed by atoms with van der Waals surface area (Å²) in [7, 11) is 1.57. The van der Waals surface area contributed by atoms with Crippen LogP contribution in [0.15, 0.2) is 71.3 Å². The number of methoxy groups -OCH3 is 1. The smallest absolute Gasteiger partial charge is 0.251 e. The van der Waals surface area contributed by atoms with Gasteiger partial charge < -0.3 is 14.5 Å². The summed E-state index contributed by atoms with van der Waals surface area (Å²) in [6.45, 7) is 0.422. The third kappa shape index (κ3) is 3.64. The average molecular weight is 359 g/mol. The van der Waals surface area contributed by atoms with Gasteiger partial charge in [0.05, 0.1) is 7.11 Å². The molecule has 6 heteroatoms. The molecule has 1 N–H and O–H groups in total. The van der Waals surface area contributed by atoms with Crippen LogP contribution in [0.5, 0.6) is 5.75 Å². The topological polar surface area (TPSA) is 77.2 Å². The van der Waals surface area contributed by atoms with Crippen LogP contribution in [0.2, 0.25) is 0 Å². The Morgan fingerprint density at radius 1 is 1.11 bits per heavy atom. The van der Waals surface area contributed by atoms with Crippen molar-refractivity contribution in [2.75, 3.05) is 7.11 Å². The van der Waals surface area contributed by atoms with Crippen molar-refractivity contribution in [2.24, 2.45) is 0 Å². The van der Waals surface area contributed by atoms with Crippen LogP contribution in [-0.2, 0) is 6.54 Å². The first-order valence-electron chi connectivity index (χ1n) is 8.46. The Hall–Kier alpha value is -3.67. The van der Waals surface area contributed by atoms with Crippen molar-refractivity contribution in [2.45, 2.75) is 6.54 Å². The molecule has 0 aliphatic heterocycles. The maximum atomic E-state index is 12.3. The van der Waals surface area contributed by atoms with E-state index < -0.39 is 0 Å². The van der Waals surface area contributed by atoms with Crippen LogP contribution >= 0.6 is 0 Å². The summed E-state index contributed by atoms with van der Waals surface area (Å²) in [5.41, 5.74) is 3.63. The summed E-state index contributed by atoms with van der Waals surface area (Å²) in [6.07, 6.45) is 1.68. The Balaban J connectivity index is 1.43. The lowest BCUT2D eigenvalue weighted by Crippen LogP contribution is -2.22. The number of benzene rings is 2. The number of nitrogens with zero attached hydrogens (tertiary/aromatic N) is 2. The lowest BCUT2D eigenvalue weighted by molar-refractivity contribution is 0.0950. The van der Waals surface area contributed by atoms with Gasteiger partial charge in [-0.2, -0.15) is 4.98 Å². The van der Waals surface area contributed by atoms with Crippen LogP contribution in [-0.4, -0.2) is 23.0 Å². The molecule has 0 aliphatic carbocycles. The van der Waals surface area contributed by atoms with E-state index in [1.54, 1.807) is 37.6 Å². The van der Waals surface area contributed by atoms with E-state index in [1.165, 1.54) is 0 Å². The van der Waals surface area contributed by atoms with Gasteiger partial charge in [-0.1, -0.05) is 18.2 Å². The van der Waals surface area contributed by atoms with Crippen molar-refractivity contribution in [1.82, 2.24) is 15.3 Å². The number of fused-ring (bicyclic) bond motifs is 1. The lowest BCUT2D eigenvalue weighted by Gasteiger charge is -2.07. The van der Waals surface area contributed by atoms with Crippen LogP contribution in [0, 0.1) is 0 Å². The number of pyridine rings is 1. The van der Waals surface area contributed by atoms with Crippen molar-refractivity contribution < 1.29 is 13.9 Å². The van der Waals surface area contributed by atoms with Gasteiger partial charge in [0, 0.05) is 23.9 Å². The molecule has 0 atom stereocenters. The van der Waals surface area contributed by atoms with Crippen LogP contribution in [0.3, 0.4) is 0 Å². The first-order valence-corrected chi connectivity index (χ1v) is 8.46. The summed E-state index contributed by atoms with van der Waals surface area (Å²) < 4.78 is 10.9. The van der Waals surface area contributed by atoms with Crippen molar-refractivity contribution in [1.29, 1.82) is 0 Å². The van der Waals surface area contributed by atoms with E-state index in [1.807, 2.05) is 36.4 Å². The minimum absolute atomic E-state index is 0.150. The summed E-state index contributed by atoms with van der Waals surface area (Å²) in [6, 6.07) is 18.4. The van der Waals surface area contributed by atoms with Crippen molar-refractivity contribution in [3.8, 4) is 17.2 Å². The SMILES string of the molecule is COc1cccc(C(=O)NCc2ccc(-c3nc4ncccc4o3)cc2)c1. The quantitative estimate of drug-likeness (QED) is 0.586. The van der Waals surface area contributed by atoms with Crippen LogP contribution in [0.1, 0.15) is 15.9 Å². The summed E-state index contributed by atoms with van der Waals surface area (Å²) in [5, 5.41) is 2.90. The minimum Gasteiger partial charge on any atom is -0.497 e. The second-order valence-electron chi connectivity index (χ2n) is 5.96. The van der Waals surface area contributed by atoms with Crippen molar-refractivity contribution in [3.05, 3.63) is 78.0 Å². The van der Waals surface area contributed by atoms with Crippen molar-refractivity contribution >= 4 is 17.1 Å². The van der Waals surface area contributed by atoms with Gasteiger partial charge in [0.2, 0.25) is 5.89 Å². The Morgan fingerprint density at radius 3 is 2.74 bits per heavy atom. The predicted molar refractivity (Wildman–Crippen MR) is 101 cm³/mol. The molecule has 134 valence electrons. The second-order valence-corrected chi connectivity index (χ2v) is 5.96. The number of carbonyl (C=O) groups excluding carboxylic acids is 1. The molecule has 6 nitrogen and oxygen atoms in total. The van der Waals surface area contributed by atoms with E-state index >= 15 is 0 Å². The molecule has 0 fully saturated rings. The van der Waals surface area contributed by atoms with E-state index in [9.17, 15) is 4.79 Å². The molecule has 4 aromatic rings. The van der Waals surface area contributed by atoms with Gasteiger partial charge in [-0.25, -0.2) is 4.98 Å².